The van der Waals surface area contributed by atoms with Gasteiger partial charge in [-0.1, -0.05) is 25.7 Å². The molecule has 0 amide bonds. The Morgan fingerprint density at radius 3 is 2.62 bits per heavy atom. The van der Waals surface area contributed by atoms with Crippen LogP contribution in [0.15, 0.2) is 4.60 Å². The molecule has 1 aliphatic heterocycles. The van der Waals surface area contributed by atoms with E-state index in [-0.39, 0.29) is 0 Å². The molecule has 2 aliphatic rings. The lowest BCUT2D eigenvalue weighted by Gasteiger charge is -2.17. The highest BCUT2D eigenvalue weighted by Crippen LogP contribution is 2.32. The van der Waals surface area contributed by atoms with Crippen LogP contribution in [0.4, 0.5) is 0 Å². The molecule has 1 aromatic rings. The van der Waals surface area contributed by atoms with E-state index >= 15 is 0 Å². The third-order valence-corrected chi connectivity index (χ3v) is 4.47. The van der Waals surface area contributed by atoms with E-state index in [1.165, 1.54) is 49.8 Å². The lowest BCUT2D eigenvalue weighted by atomic mass is 10.1. The summed E-state index contributed by atoms with van der Waals surface area (Å²) in [5, 5.41) is 8.10. The fourth-order valence-electron chi connectivity index (χ4n) is 2.95. The predicted octanol–water partition coefficient (Wildman–Crippen LogP) is 3.14. The van der Waals surface area contributed by atoms with Crippen molar-refractivity contribution < 1.29 is 0 Å². The maximum atomic E-state index is 4.69. The van der Waals surface area contributed by atoms with Gasteiger partial charge >= 0.3 is 0 Å². The number of nitrogens with one attached hydrogen (secondary N) is 1. The first-order valence-electron chi connectivity index (χ1n) is 6.33. The largest absolute Gasteiger partial charge is 0.307 e. The predicted molar refractivity (Wildman–Crippen MR) is 67.2 cm³/mol. The summed E-state index contributed by atoms with van der Waals surface area (Å²) in [7, 11) is 0. The van der Waals surface area contributed by atoms with Crippen molar-refractivity contribution in [3.63, 3.8) is 0 Å². The summed E-state index contributed by atoms with van der Waals surface area (Å²) in [5.74, 6) is 0. The van der Waals surface area contributed by atoms with E-state index < -0.39 is 0 Å². The van der Waals surface area contributed by atoms with Gasteiger partial charge in [0.05, 0.1) is 11.7 Å². The molecule has 1 aromatic heterocycles. The van der Waals surface area contributed by atoms with E-state index in [4.69, 9.17) is 5.10 Å². The molecule has 3 rings (SSSR count). The topological polar surface area (TPSA) is 29.9 Å². The Balaban J connectivity index is 1.90. The van der Waals surface area contributed by atoms with Crippen LogP contribution in [-0.2, 0) is 13.1 Å². The smallest absolute Gasteiger partial charge is 0.132 e. The minimum absolute atomic E-state index is 0.641. The van der Waals surface area contributed by atoms with E-state index in [1.54, 1.807) is 0 Å². The summed E-state index contributed by atoms with van der Waals surface area (Å²) in [6.07, 6.45) is 8.15. The second kappa shape index (κ2) is 4.49. The van der Waals surface area contributed by atoms with Gasteiger partial charge < -0.3 is 5.32 Å². The first-order valence-corrected chi connectivity index (χ1v) is 7.12. The van der Waals surface area contributed by atoms with Crippen LogP contribution in [0.5, 0.6) is 0 Å². The molecule has 0 unspecified atom stereocenters. The van der Waals surface area contributed by atoms with Crippen LogP contribution in [0.3, 0.4) is 0 Å². The zero-order valence-electron chi connectivity index (χ0n) is 9.51. The molecule has 0 saturated heterocycles. The molecular formula is C12H18BrN3. The lowest BCUT2D eigenvalue weighted by molar-refractivity contribution is 0.391. The fourth-order valence-corrected chi connectivity index (χ4v) is 3.49. The Morgan fingerprint density at radius 2 is 1.88 bits per heavy atom. The maximum absolute atomic E-state index is 4.69. The third kappa shape index (κ3) is 1.82. The van der Waals surface area contributed by atoms with Crippen molar-refractivity contribution in [2.24, 2.45) is 0 Å². The maximum Gasteiger partial charge on any atom is 0.132 e. The molecule has 0 aromatic carbocycles. The monoisotopic (exact) mass is 283 g/mol. The Hall–Kier alpha value is -0.350. The van der Waals surface area contributed by atoms with Gasteiger partial charge in [0.2, 0.25) is 0 Å². The van der Waals surface area contributed by atoms with Crippen molar-refractivity contribution in [1.29, 1.82) is 0 Å². The standard InChI is InChI=1S/C12H18BrN3/c13-12-10-7-14-8-11(10)16(15-12)9-5-3-1-2-4-6-9/h9,14H,1-8H2. The van der Waals surface area contributed by atoms with Crippen LogP contribution in [0.2, 0.25) is 0 Å². The molecule has 0 radical (unpaired) electrons. The summed E-state index contributed by atoms with van der Waals surface area (Å²) in [6.45, 7) is 1.97. The number of fused-ring (bicyclic) bond motifs is 1. The Labute approximate surface area is 105 Å². The number of halogens is 1. The van der Waals surface area contributed by atoms with Crippen molar-refractivity contribution in [3.8, 4) is 0 Å². The Morgan fingerprint density at radius 1 is 1.12 bits per heavy atom. The molecule has 2 heterocycles. The Kier molecular flexibility index (Phi) is 3.03. The first-order chi connectivity index (χ1) is 7.86. The second-order valence-electron chi connectivity index (χ2n) is 4.91. The highest BCUT2D eigenvalue weighted by molar-refractivity contribution is 9.10. The summed E-state index contributed by atoms with van der Waals surface area (Å²) >= 11 is 3.58. The number of aromatic nitrogens is 2. The molecule has 1 aliphatic carbocycles. The lowest BCUT2D eigenvalue weighted by Crippen LogP contribution is -2.14. The van der Waals surface area contributed by atoms with Gasteiger partial charge in [-0.05, 0) is 28.8 Å². The SMILES string of the molecule is Brc1nn(C2CCCCCC2)c2c1CNC2. The molecule has 88 valence electrons. The van der Waals surface area contributed by atoms with E-state index in [1.807, 2.05) is 0 Å². The van der Waals surface area contributed by atoms with Crippen LogP contribution < -0.4 is 5.32 Å². The van der Waals surface area contributed by atoms with Crippen LogP contribution in [0.1, 0.15) is 55.8 Å². The van der Waals surface area contributed by atoms with Crippen LogP contribution >= 0.6 is 15.9 Å². The van der Waals surface area contributed by atoms with Gasteiger partial charge in [0.1, 0.15) is 4.60 Å². The van der Waals surface area contributed by atoms with Gasteiger partial charge in [0, 0.05) is 18.7 Å². The number of nitrogens with zero attached hydrogens (tertiary/aromatic N) is 2. The van der Waals surface area contributed by atoms with Crippen LogP contribution in [0.25, 0.3) is 0 Å². The molecule has 4 heteroatoms. The van der Waals surface area contributed by atoms with E-state index in [2.05, 4.69) is 25.9 Å². The molecule has 1 fully saturated rings. The zero-order chi connectivity index (χ0) is 11.0. The molecule has 0 bridgehead atoms. The van der Waals surface area contributed by atoms with Crippen molar-refractivity contribution in [3.05, 3.63) is 15.9 Å². The van der Waals surface area contributed by atoms with Gasteiger partial charge in [-0.3, -0.25) is 4.68 Å². The van der Waals surface area contributed by atoms with Gasteiger partial charge in [-0.15, -0.1) is 0 Å². The minimum atomic E-state index is 0.641. The van der Waals surface area contributed by atoms with Gasteiger partial charge in [0.15, 0.2) is 0 Å². The summed E-state index contributed by atoms with van der Waals surface area (Å²) in [5.41, 5.74) is 2.79. The van der Waals surface area contributed by atoms with Crippen molar-refractivity contribution in [2.45, 2.75) is 57.7 Å². The summed E-state index contributed by atoms with van der Waals surface area (Å²) in [6, 6.07) is 0.641. The highest BCUT2D eigenvalue weighted by atomic mass is 79.9. The zero-order valence-corrected chi connectivity index (χ0v) is 11.1. The first kappa shape index (κ1) is 10.8. The summed E-state index contributed by atoms with van der Waals surface area (Å²) in [4.78, 5) is 0. The van der Waals surface area contributed by atoms with Gasteiger partial charge in [-0.2, -0.15) is 5.10 Å². The quantitative estimate of drug-likeness (QED) is 0.803. The second-order valence-corrected chi connectivity index (χ2v) is 5.66. The molecule has 0 atom stereocenters. The average molecular weight is 284 g/mol. The van der Waals surface area contributed by atoms with E-state index in [9.17, 15) is 0 Å². The van der Waals surface area contributed by atoms with Crippen LogP contribution in [0, 0.1) is 0 Å². The number of hydrogen-bond donors (Lipinski definition) is 1. The minimum Gasteiger partial charge on any atom is -0.307 e. The third-order valence-electron chi connectivity index (χ3n) is 3.83. The van der Waals surface area contributed by atoms with Gasteiger partial charge in [0.25, 0.3) is 0 Å². The van der Waals surface area contributed by atoms with Crippen molar-refractivity contribution in [2.75, 3.05) is 0 Å². The van der Waals surface area contributed by atoms with Gasteiger partial charge in [-0.25, -0.2) is 0 Å². The van der Waals surface area contributed by atoms with Crippen molar-refractivity contribution >= 4 is 15.9 Å². The Bertz CT molecular complexity index is 378. The molecule has 1 N–H and O–H groups in total. The van der Waals surface area contributed by atoms with Crippen LogP contribution in [-0.4, -0.2) is 9.78 Å². The molecule has 16 heavy (non-hydrogen) atoms. The number of rotatable bonds is 1. The molecule has 1 saturated carbocycles. The number of hydrogen-bond acceptors (Lipinski definition) is 2. The fraction of sp³-hybridized carbons (Fsp3) is 0.750. The molecule has 0 spiro atoms. The van der Waals surface area contributed by atoms with Crippen molar-refractivity contribution in [1.82, 2.24) is 15.1 Å². The molecule has 3 nitrogen and oxygen atoms in total. The van der Waals surface area contributed by atoms with E-state index in [0.717, 1.165) is 17.7 Å². The molecular weight excluding hydrogens is 266 g/mol. The normalized spacial score (nSPS) is 22.1. The van der Waals surface area contributed by atoms with E-state index in [0.29, 0.717) is 6.04 Å². The average Bonchev–Trinajstić information content (AvgIpc) is 2.75. The summed E-state index contributed by atoms with van der Waals surface area (Å²) < 4.78 is 3.35. The highest BCUT2D eigenvalue weighted by Gasteiger charge is 2.25.